The predicted octanol–water partition coefficient (Wildman–Crippen LogP) is 4.37. The second kappa shape index (κ2) is 8.58. The molecule has 0 aromatic carbocycles. The maximum atomic E-state index is 9.77. The minimum Gasteiger partial charge on any atom is -0.393 e. The SMILES string of the molecule is CC(C)CCC[C@@H](C)C[C@@H](O)C[C@@H](C)Br. The summed E-state index contributed by atoms with van der Waals surface area (Å²) in [4.78, 5) is 0.426. The fourth-order valence-corrected chi connectivity index (χ4v) is 2.36. The zero-order valence-electron chi connectivity index (χ0n) is 10.7. The van der Waals surface area contributed by atoms with E-state index in [1.807, 2.05) is 0 Å². The van der Waals surface area contributed by atoms with E-state index in [4.69, 9.17) is 0 Å². The number of rotatable bonds is 8. The van der Waals surface area contributed by atoms with Crippen molar-refractivity contribution in [2.45, 2.75) is 70.7 Å². The van der Waals surface area contributed by atoms with E-state index in [0.29, 0.717) is 10.7 Å². The lowest BCUT2D eigenvalue weighted by atomic mass is 9.94. The molecule has 0 bridgehead atoms. The molecule has 0 heterocycles. The van der Waals surface area contributed by atoms with E-state index >= 15 is 0 Å². The van der Waals surface area contributed by atoms with Gasteiger partial charge in [0.05, 0.1) is 6.10 Å². The van der Waals surface area contributed by atoms with Crippen LogP contribution in [0.5, 0.6) is 0 Å². The summed E-state index contributed by atoms with van der Waals surface area (Å²) in [6, 6.07) is 0. The standard InChI is InChI=1S/C13H27BrO/c1-10(2)6-5-7-11(3)8-13(15)9-12(4)14/h10-13,15H,5-9H2,1-4H3/t11-,12-,13-/m1/s1. The van der Waals surface area contributed by atoms with Crippen LogP contribution in [0.3, 0.4) is 0 Å². The lowest BCUT2D eigenvalue weighted by molar-refractivity contribution is 0.134. The highest BCUT2D eigenvalue weighted by Gasteiger charge is 2.12. The molecule has 0 fully saturated rings. The van der Waals surface area contributed by atoms with E-state index in [-0.39, 0.29) is 6.10 Å². The molecule has 0 radical (unpaired) electrons. The second-order valence-corrected chi connectivity index (χ2v) is 6.90. The van der Waals surface area contributed by atoms with Crippen molar-refractivity contribution in [3.63, 3.8) is 0 Å². The first-order valence-electron chi connectivity index (χ1n) is 6.24. The number of aliphatic hydroxyl groups excluding tert-OH is 1. The molecule has 0 aliphatic carbocycles. The molecule has 0 aliphatic rings. The fourth-order valence-electron chi connectivity index (χ4n) is 1.93. The van der Waals surface area contributed by atoms with Gasteiger partial charge < -0.3 is 5.11 Å². The fraction of sp³-hybridized carbons (Fsp3) is 1.00. The van der Waals surface area contributed by atoms with Crippen LogP contribution >= 0.6 is 15.9 Å². The van der Waals surface area contributed by atoms with Gasteiger partial charge in [0.15, 0.2) is 0 Å². The van der Waals surface area contributed by atoms with Crippen LogP contribution in [0.4, 0.5) is 0 Å². The molecule has 0 aromatic rings. The van der Waals surface area contributed by atoms with Gasteiger partial charge in [-0.15, -0.1) is 0 Å². The van der Waals surface area contributed by atoms with Gasteiger partial charge in [-0.1, -0.05) is 62.9 Å². The summed E-state index contributed by atoms with van der Waals surface area (Å²) in [5.41, 5.74) is 0. The van der Waals surface area contributed by atoms with Gasteiger partial charge in [-0.05, 0) is 24.7 Å². The Kier molecular flexibility index (Phi) is 8.83. The van der Waals surface area contributed by atoms with Crippen molar-refractivity contribution in [2.75, 3.05) is 0 Å². The van der Waals surface area contributed by atoms with Gasteiger partial charge >= 0.3 is 0 Å². The Bertz CT molecular complexity index is 145. The molecule has 0 rings (SSSR count). The van der Waals surface area contributed by atoms with E-state index in [2.05, 4.69) is 43.6 Å². The first-order chi connectivity index (χ1) is 6.91. The quantitative estimate of drug-likeness (QED) is 0.654. The summed E-state index contributed by atoms with van der Waals surface area (Å²) in [7, 11) is 0. The van der Waals surface area contributed by atoms with Crippen LogP contribution in [-0.4, -0.2) is 16.0 Å². The maximum Gasteiger partial charge on any atom is 0.0553 e. The van der Waals surface area contributed by atoms with Gasteiger partial charge in [0.1, 0.15) is 0 Å². The van der Waals surface area contributed by atoms with Gasteiger partial charge in [-0.25, -0.2) is 0 Å². The van der Waals surface area contributed by atoms with Crippen LogP contribution in [0.1, 0.15) is 59.8 Å². The highest BCUT2D eigenvalue weighted by molar-refractivity contribution is 9.09. The summed E-state index contributed by atoms with van der Waals surface area (Å²) in [6.07, 6.45) is 5.56. The monoisotopic (exact) mass is 278 g/mol. The Morgan fingerprint density at radius 2 is 1.60 bits per heavy atom. The molecule has 0 saturated carbocycles. The van der Waals surface area contributed by atoms with E-state index in [1.165, 1.54) is 19.3 Å². The molecule has 2 heteroatoms. The minimum atomic E-state index is -0.131. The zero-order chi connectivity index (χ0) is 11.8. The first kappa shape index (κ1) is 15.4. The van der Waals surface area contributed by atoms with E-state index in [1.54, 1.807) is 0 Å². The molecular formula is C13H27BrO. The molecule has 0 unspecified atom stereocenters. The molecule has 0 amide bonds. The summed E-state index contributed by atoms with van der Waals surface area (Å²) in [6.45, 7) is 8.88. The molecule has 1 nitrogen and oxygen atoms in total. The maximum absolute atomic E-state index is 9.77. The number of hydrogen-bond acceptors (Lipinski definition) is 1. The van der Waals surface area contributed by atoms with Crippen LogP contribution in [-0.2, 0) is 0 Å². The molecule has 0 aromatic heterocycles. The summed E-state index contributed by atoms with van der Waals surface area (Å²) >= 11 is 3.48. The Morgan fingerprint density at radius 1 is 1.00 bits per heavy atom. The van der Waals surface area contributed by atoms with Gasteiger partial charge in [0.2, 0.25) is 0 Å². The van der Waals surface area contributed by atoms with Crippen LogP contribution in [0.2, 0.25) is 0 Å². The lowest BCUT2D eigenvalue weighted by Gasteiger charge is -2.17. The molecular weight excluding hydrogens is 252 g/mol. The van der Waals surface area contributed by atoms with Crippen molar-refractivity contribution in [1.29, 1.82) is 0 Å². The molecule has 0 spiro atoms. The Hall–Kier alpha value is 0.440. The number of hydrogen-bond donors (Lipinski definition) is 1. The van der Waals surface area contributed by atoms with E-state index in [0.717, 1.165) is 18.8 Å². The molecule has 0 aliphatic heterocycles. The molecule has 3 atom stereocenters. The average Bonchev–Trinajstić information content (AvgIpc) is 2.00. The summed E-state index contributed by atoms with van der Waals surface area (Å²) < 4.78 is 0. The zero-order valence-corrected chi connectivity index (χ0v) is 12.3. The van der Waals surface area contributed by atoms with Gasteiger partial charge in [0.25, 0.3) is 0 Å². The minimum absolute atomic E-state index is 0.131. The van der Waals surface area contributed by atoms with Crippen molar-refractivity contribution in [1.82, 2.24) is 0 Å². The molecule has 0 saturated heterocycles. The van der Waals surface area contributed by atoms with Crippen LogP contribution in [0.25, 0.3) is 0 Å². The van der Waals surface area contributed by atoms with Crippen LogP contribution in [0, 0.1) is 11.8 Å². The van der Waals surface area contributed by atoms with Crippen molar-refractivity contribution in [2.24, 2.45) is 11.8 Å². The highest BCUT2D eigenvalue weighted by Crippen LogP contribution is 2.19. The lowest BCUT2D eigenvalue weighted by Crippen LogP contribution is -2.15. The third-order valence-electron chi connectivity index (χ3n) is 2.75. The van der Waals surface area contributed by atoms with Crippen molar-refractivity contribution in [3.8, 4) is 0 Å². The Balaban J connectivity index is 3.50. The van der Waals surface area contributed by atoms with Crippen molar-refractivity contribution < 1.29 is 5.11 Å². The van der Waals surface area contributed by atoms with Crippen LogP contribution in [0.15, 0.2) is 0 Å². The van der Waals surface area contributed by atoms with Gasteiger partial charge in [0, 0.05) is 4.83 Å². The first-order valence-corrected chi connectivity index (χ1v) is 7.15. The molecule has 15 heavy (non-hydrogen) atoms. The third-order valence-corrected chi connectivity index (χ3v) is 3.12. The van der Waals surface area contributed by atoms with E-state index in [9.17, 15) is 5.11 Å². The molecule has 92 valence electrons. The number of halogens is 1. The molecule has 1 N–H and O–H groups in total. The summed E-state index contributed by atoms with van der Waals surface area (Å²) in [5.74, 6) is 1.47. The van der Waals surface area contributed by atoms with Crippen LogP contribution < -0.4 is 0 Å². The predicted molar refractivity (Wildman–Crippen MR) is 71.5 cm³/mol. The largest absolute Gasteiger partial charge is 0.393 e. The Labute approximate surface area is 104 Å². The van der Waals surface area contributed by atoms with Crippen molar-refractivity contribution >= 4 is 15.9 Å². The van der Waals surface area contributed by atoms with Gasteiger partial charge in [-0.3, -0.25) is 0 Å². The van der Waals surface area contributed by atoms with Gasteiger partial charge in [-0.2, -0.15) is 0 Å². The van der Waals surface area contributed by atoms with Crippen molar-refractivity contribution in [3.05, 3.63) is 0 Å². The van der Waals surface area contributed by atoms with E-state index < -0.39 is 0 Å². The second-order valence-electron chi connectivity index (χ2n) is 5.34. The normalized spacial score (nSPS) is 17.8. The topological polar surface area (TPSA) is 20.2 Å². The summed E-state index contributed by atoms with van der Waals surface area (Å²) in [5, 5.41) is 9.77. The third kappa shape index (κ3) is 10.7. The smallest absolute Gasteiger partial charge is 0.0553 e. The number of alkyl halides is 1. The highest BCUT2D eigenvalue weighted by atomic mass is 79.9. The number of aliphatic hydroxyl groups is 1. The average molecular weight is 279 g/mol. The Morgan fingerprint density at radius 3 is 2.07 bits per heavy atom.